The molecule has 1 aliphatic rings. The van der Waals surface area contributed by atoms with Crippen LogP contribution in [0.5, 0.6) is 0 Å². The van der Waals surface area contributed by atoms with Crippen molar-refractivity contribution in [1.82, 2.24) is 10.2 Å². The number of rotatable bonds is 5. The van der Waals surface area contributed by atoms with Crippen LogP contribution in [0.2, 0.25) is 0 Å². The van der Waals surface area contributed by atoms with Crippen molar-refractivity contribution >= 4 is 36.4 Å². The molecule has 1 atom stereocenters. The first-order chi connectivity index (χ1) is 10.1. The van der Waals surface area contributed by atoms with Gasteiger partial charge in [0.05, 0.1) is 0 Å². The maximum Gasteiger partial charge on any atom is 0.251 e. The maximum absolute atomic E-state index is 12.2. The standard InChI is InChI=1S/C17H27N3O.2ClH/c1-20(2)16(13-7-4-3-5-8-13)12-19-17(21)14-9-6-10-15(18)11-14;;/h6,9-11,13,16H,3-5,7-8,12,18H2,1-2H3,(H,19,21);2*1H. The Morgan fingerprint density at radius 1 is 1.26 bits per heavy atom. The number of carbonyl (C=O) groups is 1. The number of amides is 1. The lowest BCUT2D eigenvalue weighted by Crippen LogP contribution is -2.45. The van der Waals surface area contributed by atoms with Gasteiger partial charge in [0.2, 0.25) is 0 Å². The first-order valence-electron chi connectivity index (χ1n) is 7.88. The Hall–Kier alpha value is -0.970. The van der Waals surface area contributed by atoms with Crippen molar-refractivity contribution < 1.29 is 4.79 Å². The SMILES string of the molecule is CN(C)C(CNC(=O)c1cccc(N)c1)C1CCCCC1.Cl.Cl. The van der Waals surface area contributed by atoms with Crippen LogP contribution in [0.4, 0.5) is 5.69 Å². The number of anilines is 1. The quantitative estimate of drug-likeness (QED) is 0.790. The second-order valence-electron chi connectivity index (χ2n) is 6.26. The van der Waals surface area contributed by atoms with Crippen molar-refractivity contribution in [2.45, 2.75) is 38.1 Å². The predicted octanol–water partition coefficient (Wildman–Crippen LogP) is 3.35. The van der Waals surface area contributed by atoms with Crippen LogP contribution in [-0.2, 0) is 0 Å². The molecule has 1 fully saturated rings. The molecule has 4 nitrogen and oxygen atoms in total. The normalized spacial score (nSPS) is 16.1. The lowest BCUT2D eigenvalue weighted by Gasteiger charge is -2.35. The molecule has 0 bridgehead atoms. The molecule has 132 valence electrons. The molecule has 1 aromatic rings. The summed E-state index contributed by atoms with van der Waals surface area (Å²) in [7, 11) is 4.21. The molecule has 1 saturated carbocycles. The zero-order valence-electron chi connectivity index (χ0n) is 14.0. The minimum atomic E-state index is -0.0371. The van der Waals surface area contributed by atoms with Gasteiger partial charge in [-0.25, -0.2) is 0 Å². The van der Waals surface area contributed by atoms with E-state index in [0.29, 0.717) is 29.8 Å². The largest absolute Gasteiger partial charge is 0.399 e. The monoisotopic (exact) mass is 361 g/mol. The van der Waals surface area contributed by atoms with E-state index < -0.39 is 0 Å². The second kappa shape index (κ2) is 10.7. The van der Waals surface area contributed by atoms with Crippen molar-refractivity contribution in [2.24, 2.45) is 5.92 Å². The number of likely N-dealkylation sites (N-methyl/N-ethyl adjacent to an activating group) is 1. The van der Waals surface area contributed by atoms with Crippen LogP contribution in [0.15, 0.2) is 24.3 Å². The van der Waals surface area contributed by atoms with E-state index in [1.165, 1.54) is 32.1 Å². The van der Waals surface area contributed by atoms with Crippen LogP contribution in [-0.4, -0.2) is 37.5 Å². The minimum absolute atomic E-state index is 0. The Balaban J connectivity index is 0.00000242. The number of nitrogens with one attached hydrogen (secondary N) is 1. The molecule has 2 rings (SSSR count). The van der Waals surface area contributed by atoms with Gasteiger partial charge in [-0.1, -0.05) is 25.3 Å². The highest BCUT2D eigenvalue weighted by Gasteiger charge is 2.25. The second-order valence-corrected chi connectivity index (χ2v) is 6.26. The van der Waals surface area contributed by atoms with Gasteiger partial charge in [-0.15, -0.1) is 24.8 Å². The molecule has 1 aromatic carbocycles. The fourth-order valence-corrected chi connectivity index (χ4v) is 3.27. The van der Waals surface area contributed by atoms with Gasteiger partial charge in [-0.3, -0.25) is 4.79 Å². The van der Waals surface area contributed by atoms with Crippen molar-refractivity contribution in [2.75, 3.05) is 26.4 Å². The highest BCUT2D eigenvalue weighted by atomic mass is 35.5. The average molecular weight is 362 g/mol. The number of nitrogens with zero attached hydrogens (tertiary/aromatic N) is 1. The fourth-order valence-electron chi connectivity index (χ4n) is 3.27. The zero-order chi connectivity index (χ0) is 15.2. The first kappa shape index (κ1) is 22.0. The third-order valence-corrected chi connectivity index (χ3v) is 4.48. The van der Waals surface area contributed by atoms with E-state index >= 15 is 0 Å². The van der Waals surface area contributed by atoms with Gasteiger partial charge in [-0.05, 0) is 51.1 Å². The summed E-state index contributed by atoms with van der Waals surface area (Å²) in [6.45, 7) is 0.700. The Bertz CT molecular complexity index is 477. The number of benzene rings is 1. The van der Waals surface area contributed by atoms with Gasteiger partial charge >= 0.3 is 0 Å². The molecular formula is C17H29Cl2N3O. The van der Waals surface area contributed by atoms with E-state index in [2.05, 4.69) is 24.3 Å². The molecule has 0 spiro atoms. The predicted molar refractivity (Wildman–Crippen MR) is 102 cm³/mol. The third-order valence-electron chi connectivity index (χ3n) is 4.48. The summed E-state index contributed by atoms with van der Waals surface area (Å²) in [5.41, 5.74) is 6.99. The van der Waals surface area contributed by atoms with E-state index in [-0.39, 0.29) is 30.7 Å². The number of halogens is 2. The molecule has 1 unspecified atom stereocenters. The van der Waals surface area contributed by atoms with Crippen molar-refractivity contribution in [3.8, 4) is 0 Å². The first-order valence-corrected chi connectivity index (χ1v) is 7.88. The fraction of sp³-hybridized carbons (Fsp3) is 0.588. The van der Waals surface area contributed by atoms with Crippen LogP contribution >= 0.6 is 24.8 Å². The summed E-state index contributed by atoms with van der Waals surface area (Å²) in [4.78, 5) is 14.5. The Morgan fingerprint density at radius 2 is 1.91 bits per heavy atom. The summed E-state index contributed by atoms with van der Waals surface area (Å²) in [5.74, 6) is 0.653. The molecule has 0 aliphatic heterocycles. The summed E-state index contributed by atoms with van der Waals surface area (Å²) in [6, 6.07) is 7.55. The third kappa shape index (κ3) is 6.58. The van der Waals surface area contributed by atoms with Crippen LogP contribution in [0, 0.1) is 5.92 Å². The molecule has 6 heteroatoms. The topological polar surface area (TPSA) is 58.4 Å². The number of nitrogen functional groups attached to an aromatic ring is 1. The molecule has 3 N–H and O–H groups in total. The maximum atomic E-state index is 12.2. The van der Waals surface area contributed by atoms with Crippen molar-refractivity contribution in [3.05, 3.63) is 29.8 Å². The Kier molecular flexibility index (Phi) is 10.3. The zero-order valence-corrected chi connectivity index (χ0v) is 15.6. The van der Waals surface area contributed by atoms with Gasteiger partial charge in [0.1, 0.15) is 0 Å². The highest BCUT2D eigenvalue weighted by Crippen LogP contribution is 2.28. The molecule has 0 aromatic heterocycles. The van der Waals surface area contributed by atoms with E-state index in [1.807, 2.05) is 6.07 Å². The van der Waals surface area contributed by atoms with Gasteiger partial charge in [0.15, 0.2) is 0 Å². The summed E-state index contributed by atoms with van der Waals surface area (Å²) in [6.07, 6.45) is 6.54. The molecule has 0 saturated heterocycles. The van der Waals surface area contributed by atoms with Crippen molar-refractivity contribution in [1.29, 1.82) is 0 Å². The summed E-state index contributed by atoms with van der Waals surface area (Å²) in [5, 5.41) is 3.07. The Labute approximate surface area is 152 Å². The van der Waals surface area contributed by atoms with E-state index in [1.54, 1.807) is 18.2 Å². The van der Waals surface area contributed by atoms with Crippen molar-refractivity contribution in [3.63, 3.8) is 0 Å². The van der Waals surface area contributed by atoms with Crippen LogP contribution in [0.1, 0.15) is 42.5 Å². The van der Waals surface area contributed by atoms with Gasteiger partial charge in [0.25, 0.3) is 5.91 Å². The average Bonchev–Trinajstić information content (AvgIpc) is 2.48. The van der Waals surface area contributed by atoms with Gasteiger partial charge in [-0.2, -0.15) is 0 Å². The molecular weight excluding hydrogens is 333 g/mol. The molecule has 1 aliphatic carbocycles. The smallest absolute Gasteiger partial charge is 0.251 e. The highest BCUT2D eigenvalue weighted by molar-refractivity contribution is 5.95. The number of nitrogens with two attached hydrogens (primary N) is 1. The Morgan fingerprint density at radius 3 is 2.48 bits per heavy atom. The minimum Gasteiger partial charge on any atom is -0.399 e. The van der Waals surface area contributed by atoms with Crippen LogP contribution < -0.4 is 11.1 Å². The number of hydrogen-bond acceptors (Lipinski definition) is 3. The molecule has 0 heterocycles. The van der Waals surface area contributed by atoms with Gasteiger partial charge in [0, 0.05) is 23.8 Å². The number of hydrogen-bond donors (Lipinski definition) is 2. The number of carbonyl (C=O) groups excluding carboxylic acids is 1. The van der Waals surface area contributed by atoms with E-state index in [0.717, 1.165) is 0 Å². The molecule has 0 radical (unpaired) electrons. The van der Waals surface area contributed by atoms with Crippen LogP contribution in [0.3, 0.4) is 0 Å². The van der Waals surface area contributed by atoms with E-state index in [4.69, 9.17) is 5.73 Å². The summed E-state index contributed by atoms with van der Waals surface area (Å²) < 4.78 is 0. The van der Waals surface area contributed by atoms with Crippen LogP contribution in [0.25, 0.3) is 0 Å². The van der Waals surface area contributed by atoms with Gasteiger partial charge < -0.3 is 16.0 Å². The molecule has 23 heavy (non-hydrogen) atoms. The van der Waals surface area contributed by atoms with E-state index in [9.17, 15) is 4.79 Å². The summed E-state index contributed by atoms with van der Waals surface area (Å²) >= 11 is 0. The molecule has 1 amide bonds. The lowest BCUT2D eigenvalue weighted by molar-refractivity contribution is 0.0922. The lowest BCUT2D eigenvalue weighted by atomic mass is 9.83.